The van der Waals surface area contributed by atoms with Crippen LogP contribution in [0, 0.1) is 0 Å². The van der Waals surface area contributed by atoms with Gasteiger partial charge in [0.1, 0.15) is 0 Å². The first-order chi connectivity index (χ1) is 6.68. The van der Waals surface area contributed by atoms with E-state index >= 15 is 0 Å². The molecule has 5 heteroatoms. The zero-order valence-corrected chi connectivity index (χ0v) is 8.45. The summed E-state index contributed by atoms with van der Waals surface area (Å²) in [6.07, 6.45) is 0. The van der Waals surface area contributed by atoms with Crippen molar-refractivity contribution >= 4 is 23.3 Å². The molecule has 1 heterocycles. The van der Waals surface area contributed by atoms with Crippen LogP contribution in [0.1, 0.15) is 0 Å². The van der Waals surface area contributed by atoms with Crippen molar-refractivity contribution in [2.45, 2.75) is 0 Å². The SMILES string of the molecule is CN1NCN(c2cccc(Cl)c2)C1=O. The molecule has 1 aromatic rings. The van der Waals surface area contributed by atoms with Crippen molar-refractivity contribution in [2.75, 3.05) is 18.6 Å². The highest BCUT2D eigenvalue weighted by molar-refractivity contribution is 6.30. The normalized spacial score (nSPS) is 16.6. The molecule has 0 aromatic heterocycles. The van der Waals surface area contributed by atoms with Crippen LogP contribution < -0.4 is 10.3 Å². The molecule has 4 nitrogen and oxygen atoms in total. The number of nitrogens with zero attached hydrogens (tertiary/aromatic N) is 2. The van der Waals surface area contributed by atoms with E-state index in [2.05, 4.69) is 5.43 Å². The summed E-state index contributed by atoms with van der Waals surface area (Å²) < 4.78 is 0. The summed E-state index contributed by atoms with van der Waals surface area (Å²) in [5.74, 6) is 0. The lowest BCUT2D eigenvalue weighted by atomic mass is 10.3. The van der Waals surface area contributed by atoms with E-state index in [9.17, 15) is 4.79 Å². The van der Waals surface area contributed by atoms with Crippen LogP contribution in [-0.4, -0.2) is 24.8 Å². The first-order valence-electron chi connectivity index (χ1n) is 4.23. The number of halogens is 1. The van der Waals surface area contributed by atoms with Crippen LogP contribution in [0.25, 0.3) is 0 Å². The van der Waals surface area contributed by atoms with Gasteiger partial charge in [-0.1, -0.05) is 17.7 Å². The number of rotatable bonds is 1. The summed E-state index contributed by atoms with van der Waals surface area (Å²) in [4.78, 5) is 13.2. The van der Waals surface area contributed by atoms with Crippen molar-refractivity contribution in [1.82, 2.24) is 10.4 Å². The first-order valence-corrected chi connectivity index (χ1v) is 4.60. The fourth-order valence-corrected chi connectivity index (χ4v) is 1.52. The molecular weight excluding hydrogens is 202 g/mol. The van der Waals surface area contributed by atoms with Crippen LogP contribution in [0.2, 0.25) is 5.02 Å². The molecule has 74 valence electrons. The molecule has 1 N–H and O–H groups in total. The van der Waals surface area contributed by atoms with Crippen LogP contribution in [0.4, 0.5) is 10.5 Å². The van der Waals surface area contributed by atoms with Gasteiger partial charge in [-0.05, 0) is 18.2 Å². The average Bonchev–Trinajstić information content (AvgIpc) is 2.48. The minimum atomic E-state index is -0.0766. The highest BCUT2D eigenvalue weighted by Gasteiger charge is 2.26. The number of carbonyl (C=O) groups excluding carboxylic acids is 1. The topological polar surface area (TPSA) is 35.6 Å². The van der Waals surface area contributed by atoms with Crippen molar-refractivity contribution in [2.24, 2.45) is 0 Å². The van der Waals surface area contributed by atoms with E-state index < -0.39 is 0 Å². The number of nitrogens with one attached hydrogen (secondary N) is 1. The number of hydrazine groups is 1. The van der Waals surface area contributed by atoms with E-state index in [4.69, 9.17) is 11.6 Å². The standard InChI is InChI=1S/C9H10ClN3O/c1-12-9(14)13(6-11-12)8-4-2-3-7(10)5-8/h2-5,11H,6H2,1H3. The van der Waals surface area contributed by atoms with E-state index in [0.717, 1.165) is 5.69 Å². The molecule has 0 unspecified atom stereocenters. The molecule has 1 fully saturated rings. The second-order valence-corrected chi connectivity index (χ2v) is 3.50. The third kappa shape index (κ3) is 1.54. The van der Waals surface area contributed by atoms with Gasteiger partial charge in [-0.2, -0.15) is 0 Å². The lowest BCUT2D eigenvalue weighted by molar-refractivity contribution is 0.217. The number of benzene rings is 1. The van der Waals surface area contributed by atoms with E-state index in [1.165, 1.54) is 5.01 Å². The maximum Gasteiger partial charge on any atom is 0.339 e. The fourth-order valence-electron chi connectivity index (χ4n) is 1.34. The maximum absolute atomic E-state index is 11.6. The molecule has 0 spiro atoms. The molecule has 0 radical (unpaired) electrons. The second kappa shape index (κ2) is 3.48. The van der Waals surface area contributed by atoms with Gasteiger partial charge in [0.25, 0.3) is 0 Å². The van der Waals surface area contributed by atoms with Crippen LogP contribution in [-0.2, 0) is 0 Å². The predicted molar refractivity (Wildman–Crippen MR) is 55.1 cm³/mol. The monoisotopic (exact) mass is 211 g/mol. The highest BCUT2D eigenvalue weighted by Crippen LogP contribution is 2.21. The number of amides is 2. The molecule has 0 atom stereocenters. The summed E-state index contributed by atoms with van der Waals surface area (Å²) >= 11 is 5.84. The van der Waals surface area contributed by atoms with Gasteiger partial charge in [-0.25, -0.2) is 10.2 Å². The largest absolute Gasteiger partial charge is 0.339 e. The molecule has 14 heavy (non-hydrogen) atoms. The lowest BCUT2D eigenvalue weighted by Gasteiger charge is -2.14. The Kier molecular flexibility index (Phi) is 2.31. The molecule has 2 amide bonds. The Morgan fingerprint density at radius 3 is 2.86 bits per heavy atom. The summed E-state index contributed by atoms with van der Waals surface area (Å²) in [6, 6.07) is 7.14. The molecule has 1 aliphatic rings. The van der Waals surface area contributed by atoms with Crippen LogP contribution in [0.15, 0.2) is 24.3 Å². The van der Waals surface area contributed by atoms with E-state index in [0.29, 0.717) is 11.7 Å². The lowest BCUT2D eigenvalue weighted by Crippen LogP contribution is -2.31. The van der Waals surface area contributed by atoms with Gasteiger partial charge in [-0.15, -0.1) is 0 Å². The Bertz CT molecular complexity index is 369. The Hall–Kier alpha value is -1.26. The third-order valence-corrected chi connectivity index (χ3v) is 2.34. The number of hydrogen-bond acceptors (Lipinski definition) is 2. The first kappa shape index (κ1) is 9.30. The van der Waals surface area contributed by atoms with E-state index in [1.807, 2.05) is 12.1 Å². The molecule has 1 aromatic carbocycles. The third-order valence-electron chi connectivity index (χ3n) is 2.10. The molecule has 1 aliphatic heterocycles. The Balaban J connectivity index is 2.28. The van der Waals surface area contributed by atoms with Gasteiger partial charge in [-0.3, -0.25) is 9.91 Å². The van der Waals surface area contributed by atoms with E-state index in [1.54, 1.807) is 24.1 Å². The van der Waals surface area contributed by atoms with Crippen molar-refractivity contribution in [3.8, 4) is 0 Å². The molecule has 2 rings (SSSR count). The van der Waals surface area contributed by atoms with E-state index in [-0.39, 0.29) is 6.03 Å². The van der Waals surface area contributed by atoms with Crippen molar-refractivity contribution in [1.29, 1.82) is 0 Å². The van der Waals surface area contributed by atoms with Crippen molar-refractivity contribution in [3.05, 3.63) is 29.3 Å². The minimum Gasteiger partial charge on any atom is -0.278 e. The maximum atomic E-state index is 11.6. The van der Waals surface area contributed by atoms with Crippen molar-refractivity contribution < 1.29 is 4.79 Å². The van der Waals surface area contributed by atoms with Crippen LogP contribution in [0.5, 0.6) is 0 Å². The zero-order chi connectivity index (χ0) is 10.1. The summed E-state index contributed by atoms with van der Waals surface area (Å²) in [5, 5.41) is 2.07. The quantitative estimate of drug-likeness (QED) is 0.767. The van der Waals surface area contributed by atoms with Crippen LogP contribution in [0.3, 0.4) is 0 Å². The van der Waals surface area contributed by atoms with Crippen molar-refractivity contribution in [3.63, 3.8) is 0 Å². The van der Waals surface area contributed by atoms with Gasteiger partial charge < -0.3 is 0 Å². The summed E-state index contributed by atoms with van der Waals surface area (Å²) in [6.45, 7) is 0.482. The number of carbonyl (C=O) groups is 1. The fraction of sp³-hybridized carbons (Fsp3) is 0.222. The summed E-state index contributed by atoms with van der Waals surface area (Å²) in [5.41, 5.74) is 3.71. The zero-order valence-electron chi connectivity index (χ0n) is 7.70. The minimum absolute atomic E-state index is 0.0766. The molecular formula is C9H10ClN3O. The van der Waals surface area contributed by atoms with Gasteiger partial charge in [0.15, 0.2) is 0 Å². The molecule has 0 aliphatic carbocycles. The average molecular weight is 212 g/mol. The number of hydrogen-bond donors (Lipinski definition) is 1. The Morgan fingerprint density at radius 1 is 1.50 bits per heavy atom. The summed E-state index contributed by atoms with van der Waals surface area (Å²) in [7, 11) is 1.69. The van der Waals surface area contributed by atoms with Gasteiger partial charge in [0.05, 0.1) is 6.67 Å². The Morgan fingerprint density at radius 2 is 2.29 bits per heavy atom. The highest BCUT2D eigenvalue weighted by atomic mass is 35.5. The Labute approximate surface area is 87.0 Å². The number of urea groups is 1. The smallest absolute Gasteiger partial charge is 0.278 e. The second-order valence-electron chi connectivity index (χ2n) is 3.07. The molecule has 0 bridgehead atoms. The van der Waals surface area contributed by atoms with Crippen LogP contribution >= 0.6 is 11.6 Å². The van der Waals surface area contributed by atoms with Gasteiger partial charge >= 0.3 is 6.03 Å². The van der Waals surface area contributed by atoms with Gasteiger partial charge in [0.2, 0.25) is 0 Å². The number of anilines is 1. The van der Waals surface area contributed by atoms with Gasteiger partial charge in [0, 0.05) is 17.8 Å². The molecule has 1 saturated heterocycles. The molecule has 0 saturated carbocycles. The predicted octanol–water partition coefficient (Wildman–Crippen LogP) is 1.67.